The van der Waals surface area contributed by atoms with Crippen LogP contribution in [0, 0.1) is 5.92 Å². The number of rotatable bonds is 7. The topological polar surface area (TPSA) is 62.3 Å². The summed E-state index contributed by atoms with van der Waals surface area (Å²) in [5.41, 5.74) is 1.56. The van der Waals surface area contributed by atoms with Gasteiger partial charge >= 0.3 is 6.03 Å². The maximum atomic E-state index is 13.2. The molecule has 1 aliphatic carbocycles. The Morgan fingerprint density at radius 2 is 1.82 bits per heavy atom. The van der Waals surface area contributed by atoms with Crippen molar-refractivity contribution in [2.75, 3.05) is 5.75 Å². The lowest BCUT2D eigenvalue weighted by atomic mass is 9.92. The summed E-state index contributed by atoms with van der Waals surface area (Å²) in [4.78, 5) is 29.8. The van der Waals surface area contributed by atoms with Gasteiger partial charge in [0.1, 0.15) is 0 Å². The molecule has 0 radical (unpaired) electrons. The SMILES string of the molecule is CCCSN(C(=O)NC(=O)c1ccccc1)C(c1ccncc1)C1CCCC1. The van der Waals surface area contributed by atoms with E-state index in [1.165, 1.54) is 24.8 Å². The smallest absolute Gasteiger partial charge is 0.273 e. The number of carbonyl (C=O) groups excluding carboxylic acids is 2. The van der Waals surface area contributed by atoms with Crippen LogP contribution < -0.4 is 5.32 Å². The number of aromatic nitrogens is 1. The van der Waals surface area contributed by atoms with Crippen molar-refractivity contribution in [1.29, 1.82) is 0 Å². The average molecular weight is 398 g/mol. The number of hydrogen-bond donors (Lipinski definition) is 1. The second-order valence-corrected chi connectivity index (χ2v) is 8.11. The molecule has 1 N–H and O–H groups in total. The monoisotopic (exact) mass is 397 g/mol. The number of benzene rings is 1. The molecule has 1 atom stereocenters. The van der Waals surface area contributed by atoms with Crippen molar-refractivity contribution in [3.8, 4) is 0 Å². The Morgan fingerprint density at radius 3 is 2.46 bits per heavy atom. The van der Waals surface area contributed by atoms with Gasteiger partial charge in [0.15, 0.2) is 0 Å². The Morgan fingerprint density at radius 1 is 1.14 bits per heavy atom. The Bertz CT molecular complexity index is 764. The lowest BCUT2D eigenvalue weighted by Gasteiger charge is -2.34. The van der Waals surface area contributed by atoms with Gasteiger partial charge in [-0.2, -0.15) is 0 Å². The summed E-state index contributed by atoms with van der Waals surface area (Å²) < 4.78 is 1.79. The summed E-state index contributed by atoms with van der Waals surface area (Å²) in [5, 5.41) is 2.59. The molecule has 1 fully saturated rings. The minimum Gasteiger partial charge on any atom is -0.273 e. The van der Waals surface area contributed by atoms with E-state index in [1.807, 2.05) is 18.2 Å². The van der Waals surface area contributed by atoms with Crippen LogP contribution in [0.15, 0.2) is 54.9 Å². The second-order valence-electron chi connectivity index (χ2n) is 7.05. The van der Waals surface area contributed by atoms with Crippen LogP contribution in [-0.4, -0.2) is 27.0 Å². The first-order valence-corrected chi connectivity index (χ1v) is 10.9. The van der Waals surface area contributed by atoms with Gasteiger partial charge < -0.3 is 0 Å². The minimum atomic E-state index is -0.368. The van der Waals surface area contributed by atoms with Crippen molar-refractivity contribution < 1.29 is 9.59 Å². The van der Waals surface area contributed by atoms with Gasteiger partial charge in [-0.15, -0.1) is 0 Å². The molecule has 0 bridgehead atoms. The van der Waals surface area contributed by atoms with Crippen molar-refractivity contribution in [2.45, 2.75) is 45.1 Å². The highest BCUT2D eigenvalue weighted by Gasteiger charge is 2.35. The molecule has 0 aliphatic heterocycles. The van der Waals surface area contributed by atoms with Crippen LogP contribution in [-0.2, 0) is 0 Å². The standard InChI is InChI=1S/C22H27N3O2S/c1-2-16-28-25(22(27)24-21(26)19-10-4-3-5-11-19)20(17-8-6-7-9-17)18-12-14-23-15-13-18/h3-5,10-15,17,20H,2,6-9,16H2,1H3,(H,24,26,27). The van der Waals surface area contributed by atoms with Crippen molar-refractivity contribution >= 4 is 23.9 Å². The highest BCUT2D eigenvalue weighted by Crippen LogP contribution is 2.42. The predicted octanol–water partition coefficient (Wildman–Crippen LogP) is 5.22. The Labute approximate surface area is 171 Å². The van der Waals surface area contributed by atoms with Gasteiger partial charge in [0.05, 0.1) is 6.04 Å². The molecule has 1 aromatic carbocycles. The Balaban J connectivity index is 1.85. The molecule has 1 unspecified atom stereocenters. The summed E-state index contributed by atoms with van der Waals surface area (Å²) >= 11 is 1.51. The number of hydrogen-bond acceptors (Lipinski definition) is 4. The molecule has 3 amide bonds. The number of imide groups is 1. The van der Waals surface area contributed by atoms with Crippen LogP contribution in [0.3, 0.4) is 0 Å². The number of carbonyl (C=O) groups is 2. The quantitative estimate of drug-likeness (QED) is 0.651. The molecule has 1 aromatic heterocycles. The molecule has 1 heterocycles. The largest absolute Gasteiger partial charge is 0.334 e. The van der Waals surface area contributed by atoms with Gasteiger partial charge in [-0.25, -0.2) is 4.79 Å². The predicted molar refractivity (Wildman–Crippen MR) is 113 cm³/mol. The molecular formula is C22H27N3O2S. The zero-order valence-electron chi connectivity index (χ0n) is 16.2. The molecule has 3 rings (SSSR count). The van der Waals surface area contributed by atoms with E-state index >= 15 is 0 Å². The van der Waals surface area contributed by atoms with Crippen molar-refractivity contribution in [2.24, 2.45) is 5.92 Å². The third-order valence-corrected chi connectivity index (χ3v) is 6.30. The van der Waals surface area contributed by atoms with Gasteiger partial charge in [0.2, 0.25) is 0 Å². The summed E-state index contributed by atoms with van der Waals surface area (Å²) in [5.74, 6) is 0.846. The summed E-state index contributed by atoms with van der Waals surface area (Å²) in [6.07, 6.45) is 9.05. The molecule has 148 valence electrons. The third kappa shape index (κ3) is 5.13. The molecule has 28 heavy (non-hydrogen) atoms. The van der Waals surface area contributed by atoms with Crippen LogP contribution in [0.1, 0.15) is 61.0 Å². The fourth-order valence-corrected chi connectivity index (χ4v) is 4.70. The number of nitrogens with zero attached hydrogens (tertiary/aromatic N) is 2. The lowest BCUT2D eigenvalue weighted by Crippen LogP contribution is -2.43. The van der Waals surface area contributed by atoms with E-state index in [-0.39, 0.29) is 18.0 Å². The fourth-order valence-electron chi connectivity index (χ4n) is 3.70. The maximum absolute atomic E-state index is 13.2. The van der Waals surface area contributed by atoms with Crippen LogP contribution in [0.4, 0.5) is 4.79 Å². The highest BCUT2D eigenvalue weighted by atomic mass is 32.2. The van der Waals surface area contributed by atoms with Crippen molar-refractivity contribution in [3.05, 3.63) is 66.0 Å². The first kappa shape index (κ1) is 20.4. The zero-order valence-corrected chi connectivity index (χ0v) is 17.0. The summed E-state index contributed by atoms with van der Waals surface area (Å²) in [6.45, 7) is 2.09. The zero-order chi connectivity index (χ0) is 19.8. The summed E-state index contributed by atoms with van der Waals surface area (Å²) in [6, 6.07) is 12.4. The van der Waals surface area contributed by atoms with Gasteiger partial charge in [0.25, 0.3) is 5.91 Å². The van der Waals surface area contributed by atoms with E-state index in [0.717, 1.165) is 30.6 Å². The lowest BCUT2D eigenvalue weighted by molar-refractivity contribution is 0.0955. The van der Waals surface area contributed by atoms with Gasteiger partial charge in [-0.1, -0.05) is 38.0 Å². The van der Waals surface area contributed by atoms with Crippen molar-refractivity contribution in [3.63, 3.8) is 0 Å². The number of amides is 3. The van der Waals surface area contributed by atoms with E-state index in [2.05, 4.69) is 17.2 Å². The van der Waals surface area contributed by atoms with Crippen molar-refractivity contribution in [1.82, 2.24) is 14.6 Å². The Hall–Kier alpha value is -2.34. The average Bonchev–Trinajstić information content (AvgIpc) is 3.26. The first-order chi connectivity index (χ1) is 13.7. The number of pyridine rings is 1. The minimum absolute atomic E-state index is 0.0642. The molecular weight excluding hydrogens is 370 g/mol. The molecule has 1 aliphatic rings. The van der Waals surface area contributed by atoms with Gasteiger partial charge in [0, 0.05) is 23.7 Å². The second kappa shape index (κ2) is 10.3. The Kier molecular flexibility index (Phi) is 7.48. The van der Waals surface area contributed by atoms with Crippen LogP contribution in [0.25, 0.3) is 0 Å². The van der Waals surface area contributed by atoms with Crippen LogP contribution in [0.2, 0.25) is 0 Å². The molecule has 0 spiro atoms. The molecule has 5 nitrogen and oxygen atoms in total. The van der Waals surface area contributed by atoms with Gasteiger partial charge in [-0.3, -0.25) is 19.4 Å². The van der Waals surface area contributed by atoms with Crippen LogP contribution in [0.5, 0.6) is 0 Å². The summed E-state index contributed by atoms with van der Waals surface area (Å²) in [7, 11) is 0. The number of urea groups is 1. The third-order valence-electron chi connectivity index (χ3n) is 5.04. The highest BCUT2D eigenvalue weighted by molar-refractivity contribution is 7.97. The van der Waals surface area contributed by atoms with Gasteiger partial charge in [-0.05, 0) is 67.0 Å². The maximum Gasteiger partial charge on any atom is 0.334 e. The molecule has 0 saturated heterocycles. The normalized spacial score (nSPS) is 15.2. The molecule has 1 saturated carbocycles. The van der Waals surface area contributed by atoms with E-state index in [1.54, 1.807) is 41.0 Å². The number of nitrogens with one attached hydrogen (secondary N) is 1. The molecule has 6 heteroatoms. The first-order valence-electron chi connectivity index (χ1n) is 9.93. The van der Waals surface area contributed by atoms with Crippen LogP contribution >= 0.6 is 11.9 Å². The van der Waals surface area contributed by atoms with E-state index < -0.39 is 0 Å². The molecule has 2 aromatic rings. The van der Waals surface area contributed by atoms with E-state index in [0.29, 0.717) is 11.5 Å². The fraction of sp³-hybridized carbons (Fsp3) is 0.409. The van der Waals surface area contributed by atoms with E-state index in [9.17, 15) is 9.59 Å². The van der Waals surface area contributed by atoms with E-state index in [4.69, 9.17) is 0 Å².